The van der Waals surface area contributed by atoms with Gasteiger partial charge in [0, 0.05) is 19.3 Å². The van der Waals surface area contributed by atoms with Crippen LogP contribution in [0.5, 0.6) is 5.75 Å². The molecule has 1 amide bonds. The Kier molecular flexibility index (Phi) is 4.60. The highest BCUT2D eigenvalue weighted by Crippen LogP contribution is 2.14. The van der Waals surface area contributed by atoms with Crippen molar-refractivity contribution in [3.05, 3.63) is 59.7 Å². The fourth-order valence-electron chi connectivity index (χ4n) is 1.98. The number of hydrogen-bond acceptors (Lipinski definition) is 3. The van der Waals surface area contributed by atoms with Gasteiger partial charge >= 0.3 is 0 Å². The summed E-state index contributed by atoms with van der Waals surface area (Å²) in [5.41, 5.74) is 2.53. The van der Waals surface area contributed by atoms with Gasteiger partial charge in [-0.2, -0.15) is 0 Å². The fraction of sp³-hybridized carbons (Fsp3) is 0.188. The molecule has 0 heterocycles. The largest absolute Gasteiger partial charge is 0.508 e. The Bertz CT molecular complexity index is 579. The lowest BCUT2D eigenvalue weighted by Crippen LogP contribution is -2.26. The quantitative estimate of drug-likeness (QED) is 0.782. The van der Waals surface area contributed by atoms with E-state index in [1.165, 1.54) is 0 Å². The van der Waals surface area contributed by atoms with E-state index in [1.54, 1.807) is 25.2 Å². The predicted molar refractivity (Wildman–Crippen MR) is 80.1 cm³/mol. The first kappa shape index (κ1) is 13.9. The number of phenols is 1. The van der Waals surface area contributed by atoms with Crippen LogP contribution in [0.2, 0.25) is 0 Å². The summed E-state index contributed by atoms with van der Waals surface area (Å²) in [5.74, 6) is 0.162. The Labute approximate surface area is 118 Å². The van der Waals surface area contributed by atoms with E-state index in [2.05, 4.69) is 10.6 Å². The summed E-state index contributed by atoms with van der Waals surface area (Å²) in [4.78, 5) is 12.1. The van der Waals surface area contributed by atoms with E-state index in [-0.39, 0.29) is 11.7 Å². The van der Waals surface area contributed by atoms with Gasteiger partial charge in [0.25, 0.3) is 5.91 Å². The standard InChI is InChI=1S/C16H18N2O2/c1-17-15-5-3-2-4-14(15)16(20)18-11-10-12-6-8-13(19)9-7-12/h2-9,17,19H,10-11H2,1H3,(H,18,20). The first-order valence-electron chi connectivity index (χ1n) is 6.53. The molecule has 0 bridgehead atoms. The molecule has 20 heavy (non-hydrogen) atoms. The Morgan fingerprint density at radius 2 is 1.80 bits per heavy atom. The van der Waals surface area contributed by atoms with Gasteiger partial charge in [-0.25, -0.2) is 0 Å². The van der Waals surface area contributed by atoms with Crippen molar-refractivity contribution >= 4 is 11.6 Å². The normalized spacial score (nSPS) is 10.1. The number of phenolic OH excluding ortho intramolecular Hbond substituents is 1. The minimum atomic E-state index is -0.0891. The molecule has 0 saturated heterocycles. The van der Waals surface area contributed by atoms with Crippen molar-refractivity contribution in [1.29, 1.82) is 0 Å². The molecule has 0 aromatic heterocycles. The average Bonchev–Trinajstić information content (AvgIpc) is 2.49. The van der Waals surface area contributed by atoms with E-state index in [0.29, 0.717) is 12.1 Å². The van der Waals surface area contributed by atoms with E-state index < -0.39 is 0 Å². The summed E-state index contributed by atoms with van der Waals surface area (Å²) < 4.78 is 0. The fourth-order valence-corrected chi connectivity index (χ4v) is 1.98. The van der Waals surface area contributed by atoms with Crippen LogP contribution in [0.1, 0.15) is 15.9 Å². The highest BCUT2D eigenvalue weighted by molar-refractivity contribution is 5.99. The average molecular weight is 270 g/mol. The van der Waals surface area contributed by atoms with Gasteiger partial charge in [0.15, 0.2) is 0 Å². The number of para-hydroxylation sites is 1. The van der Waals surface area contributed by atoms with Crippen LogP contribution >= 0.6 is 0 Å². The predicted octanol–water partition coefficient (Wildman–Crippen LogP) is 2.41. The molecule has 0 aliphatic rings. The topological polar surface area (TPSA) is 61.4 Å². The zero-order valence-corrected chi connectivity index (χ0v) is 11.4. The van der Waals surface area contributed by atoms with Crippen LogP contribution in [0.4, 0.5) is 5.69 Å². The Hall–Kier alpha value is -2.49. The first-order chi connectivity index (χ1) is 9.70. The van der Waals surface area contributed by atoms with Gasteiger partial charge < -0.3 is 15.7 Å². The molecule has 4 heteroatoms. The van der Waals surface area contributed by atoms with Crippen LogP contribution in [0, 0.1) is 0 Å². The number of rotatable bonds is 5. The van der Waals surface area contributed by atoms with Crippen molar-refractivity contribution in [3.63, 3.8) is 0 Å². The number of carbonyl (C=O) groups excluding carboxylic acids is 1. The zero-order valence-electron chi connectivity index (χ0n) is 11.4. The molecule has 104 valence electrons. The van der Waals surface area contributed by atoms with Crippen LogP contribution in [-0.2, 0) is 6.42 Å². The molecule has 0 aliphatic carbocycles. The Morgan fingerprint density at radius 1 is 1.10 bits per heavy atom. The summed E-state index contributed by atoms with van der Waals surface area (Å²) in [6.07, 6.45) is 0.730. The van der Waals surface area contributed by atoms with E-state index in [0.717, 1.165) is 17.7 Å². The first-order valence-corrected chi connectivity index (χ1v) is 6.53. The zero-order chi connectivity index (χ0) is 14.4. The van der Waals surface area contributed by atoms with Gasteiger partial charge in [-0.3, -0.25) is 4.79 Å². The van der Waals surface area contributed by atoms with Crippen LogP contribution in [0.15, 0.2) is 48.5 Å². The molecule has 0 fully saturated rings. The maximum absolute atomic E-state index is 12.1. The van der Waals surface area contributed by atoms with E-state index in [4.69, 9.17) is 0 Å². The van der Waals surface area contributed by atoms with Crippen LogP contribution in [0.25, 0.3) is 0 Å². The molecule has 0 aliphatic heterocycles. The third kappa shape index (κ3) is 3.51. The Morgan fingerprint density at radius 3 is 2.50 bits per heavy atom. The third-order valence-electron chi connectivity index (χ3n) is 3.08. The molecule has 0 atom stereocenters. The molecule has 3 N–H and O–H groups in total. The van der Waals surface area contributed by atoms with Gasteiger partial charge in [0.1, 0.15) is 5.75 Å². The molecular formula is C16H18N2O2. The number of aromatic hydroxyl groups is 1. The van der Waals surface area contributed by atoms with Crippen molar-refractivity contribution in [2.24, 2.45) is 0 Å². The lowest BCUT2D eigenvalue weighted by Gasteiger charge is -2.09. The Balaban J connectivity index is 1.90. The summed E-state index contributed by atoms with van der Waals surface area (Å²) in [6.45, 7) is 0.557. The van der Waals surface area contributed by atoms with Crippen molar-refractivity contribution in [3.8, 4) is 5.75 Å². The SMILES string of the molecule is CNc1ccccc1C(=O)NCCc1ccc(O)cc1. The summed E-state index contributed by atoms with van der Waals surface area (Å²) in [7, 11) is 1.79. The van der Waals surface area contributed by atoms with Gasteiger partial charge in [-0.15, -0.1) is 0 Å². The number of anilines is 1. The molecule has 0 unspecified atom stereocenters. The number of hydrogen-bond donors (Lipinski definition) is 3. The molecule has 0 radical (unpaired) electrons. The number of benzene rings is 2. The van der Waals surface area contributed by atoms with E-state index >= 15 is 0 Å². The van der Waals surface area contributed by atoms with E-state index in [9.17, 15) is 9.90 Å². The van der Waals surface area contributed by atoms with Crippen molar-refractivity contribution in [1.82, 2.24) is 5.32 Å². The number of carbonyl (C=O) groups is 1. The minimum Gasteiger partial charge on any atom is -0.508 e. The second kappa shape index (κ2) is 6.61. The monoisotopic (exact) mass is 270 g/mol. The van der Waals surface area contributed by atoms with Crippen LogP contribution < -0.4 is 10.6 Å². The smallest absolute Gasteiger partial charge is 0.253 e. The lowest BCUT2D eigenvalue weighted by molar-refractivity contribution is 0.0955. The van der Waals surface area contributed by atoms with Crippen LogP contribution in [0.3, 0.4) is 0 Å². The highest BCUT2D eigenvalue weighted by Gasteiger charge is 2.08. The molecule has 0 spiro atoms. The molecule has 2 aromatic carbocycles. The maximum Gasteiger partial charge on any atom is 0.253 e. The summed E-state index contributed by atoms with van der Waals surface area (Å²) in [5, 5.41) is 15.1. The number of amides is 1. The van der Waals surface area contributed by atoms with Gasteiger partial charge in [0.05, 0.1) is 5.56 Å². The number of nitrogens with one attached hydrogen (secondary N) is 2. The van der Waals surface area contributed by atoms with Gasteiger partial charge in [-0.05, 0) is 36.2 Å². The highest BCUT2D eigenvalue weighted by atomic mass is 16.3. The van der Waals surface area contributed by atoms with Crippen molar-refractivity contribution in [2.75, 3.05) is 18.9 Å². The second-order valence-corrected chi connectivity index (χ2v) is 4.47. The summed E-state index contributed by atoms with van der Waals surface area (Å²) in [6, 6.07) is 14.4. The molecule has 4 nitrogen and oxygen atoms in total. The van der Waals surface area contributed by atoms with Crippen molar-refractivity contribution in [2.45, 2.75) is 6.42 Å². The molecular weight excluding hydrogens is 252 g/mol. The van der Waals surface area contributed by atoms with Gasteiger partial charge in [-0.1, -0.05) is 24.3 Å². The third-order valence-corrected chi connectivity index (χ3v) is 3.08. The van der Waals surface area contributed by atoms with E-state index in [1.807, 2.05) is 30.3 Å². The maximum atomic E-state index is 12.1. The van der Waals surface area contributed by atoms with Crippen molar-refractivity contribution < 1.29 is 9.90 Å². The molecule has 2 rings (SSSR count). The summed E-state index contributed by atoms with van der Waals surface area (Å²) >= 11 is 0. The molecule has 0 saturated carbocycles. The minimum absolute atomic E-state index is 0.0891. The second-order valence-electron chi connectivity index (χ2n) is 4.47. The van der Waals surface area contributed by atoms with Crippen LogP contribution in [-0.4, -0.2) is 24.6 Å². The lowest BCUT2D eigenvalue weighted by atomic mass is 10.1. The van der Waals surface area contributed by atoms with Gasteiger partial charge in [0.2, 0.25) is 0 Å². The molecule has 2 aromatic rings.